The number of hydrogen-bond donors (Lipinski definition) is 3. The summed E-state index contributed by atoms with van der Waals surface area (Å²) in [5, 5.41) is 7.58. The molecule has 0 radical (unpaired) electrons. The van der Waals surface area contributed by atoms with E-state index in [9.17, 15) is 4.79 Å². The summed E-state index contributed by atoms with van der Waals surface area (Å²) in [6.07, 6.45) is 2.36. The third kappa shape index (κ3) is 6.17. The Labute approximate surface area is 221 Å². The minimum atomic E-state index is -0.0611. The fourth-order valence-corrected chi connectivity index (χ4v) is 5.72. The number of anilines is 1. The highest BCUT2D eigenvalue weighted by Gasteiger charge is 2.21. The minimum Gasteiger partial charge on any atom is -0.371 e. The Balaban J connectivity index is 1.13. The van der Waals surface area contributed by atoms with Crippen LogP contribution in [0.4, 0.5) is 5.69 Å². The molecule has 0 spiro atoms. The molecule has 7 heteroatoms. The van der Waals surface area contributed by atoms with Crippen LogP contribution in [-0.2, 0) is 0 Å². The highest BCUT2D eigenvalue weighted by molar-refractivity contribution is 5.98. The molecule has 37 heavy (non-hydrogen) atoms. The molecule has 5 rings (SSSR count). The summed E-state index contributed by atoms with van der Waals surface area (Å²) in [7, 11) is 1.66. The average molecular weight is 503 g/mol. The fraction of sp³-hybridized carbons (Fsp3) is 0.500. The lowest BCUT2D eigenvalue weighted by molar-refractivity contribution is 0.0963. The summed E-state index contributed by atoms with van der Waals surface area (Å²) in [4.78, 5) is 23.2. The Morgan fingerprint density at radius 1 is 1.00 bits per heavy atom. The van der Waals surface area contributed by atoms with E-state index >= 15 is 0 Å². The lowest BCUT2D eigenvalue weighted by Crippen LogP contribution is -2.51. The molecular weight excluding hydrogens is 460 g/mol. The van der Waals surface area contributed by atoms with Crippen LogP contribution in [0.25, 0.3) is 22.2 Å². The molecule has 0 bridgehead atoms. The van der Waals surface area contributed by atoms with E-state index in [1.807, 2.05) is 18.2 Å². The molecule has 0 atom stereocenters. The summed E-state index contributed by atoms with van der Waals surface area (Å²) in [5.74, 6) is -0.0611. The summed E-state index contributed by atoms with van der Waals surface area (Å²) in [5.41, 5.74) is 5.26. The maximum absolute atomic E-state index is 12.0. The van der Waals surface area contributed by atoms with Crippen molar-refractivity contribution in [1.29, 1.82) is 0 Å². The fourth-order valence-electron chi connectivity index (χ4n) is 5.72. The molecule has 3 heterocycles. The zero-order valence-corrected chi connectivity index (χ0v) is 22.6. The first-order valence-electron chi connectivity index (χ1n) is 13.9. The van der Waals surface area contributed by atoms with Gasteiger partial charge >= 0.3 is 0 Å². The quantitative estimate of drug-likeness (QED) is 0.438. The molecular formula is C30H42N6O. The van der Waals surface area contributed by atoms with Gasteiger partial charge in [0.15, 0.2) is 0 Å². The Bertz CT molecular complexity index is 1190. The van der Waals surface area contributed by atoms with Crippen LogP contribution in [0, 0.1) is 0 Å². The smallest absolute Gasteiger partial charge is 0.251 e. The van der Waals surface area contributed by atoms with Crippen LogP contribution in [-0.4, -0.2) is 92.2 Å². The molecule has 2 fully saturated rings. The van der Waals surface area contributed by atoms with E-state index in [0.29, 0.717) is 17.6 Å². The second kappa shape index (κ2) is 11.7. The first-order chi connectivity index (χ1) is 18.0. The predicted octanol–water partition coefficient (Wildman–Crippen LogP) is 3.78. The van der Waals surface area contributed by atoms with Crippen molar-refractivity contribution >= 4 is 22.5 Å². The number of aromatic amines is 1. The van der Waals surface area contributed by atoms with Crippen molar-refractivity contribution in [1.82, 2.24) is 25.4 Å². The molecule has 2 aromatic carbocycles. The number of carbonyl (C=O) groups is 1. The van der Waals surface area contributed by atoms with E-state index in [-0.39, 0.29) is 5.91 Å². The Hall–Kier alpha value is -2.87. The maximum Gasteiger partial charge on any atom is 0.251 e. The number of piperazine rings is 1. The number of hydrogen-bond acceptors (Lipinski definition) is 5. The van der Waals surface area contributed by atoms with Gasteiger partial charge in [0.2, 0.25) is 0 Å². The van der Waals surface area contributed by atoms with Gasteiger partial charge < -0.3 is 20.5 Å². The maximum atomic E-state index is 12.0. The molecule has 2 saturated heterocycles. The molecule has 3 aromatic rings. The normalized spacial score (nSPS) is 18.1. The summed E-state index contributed by atoms with van der Waals surface area (Å²) >= 11 is 0. The zero-order chi connectivity index (χ0) is 25.8. The molecule has 3 N–H and O–H groups in total. The second-order valence-corrected chi connectivity index (χ2v) is 10.8. The number of rotatable bonds is 8. The van der Waals surface area contributed by atoms with Crippen molar-refractivity contribution in [2.24, 2.45) is 0 Å². The Morgan fingerprint density at radius 2 is 1.78 bits per heavy atom. The van der Waals surface area contributed by atoms with E-state index in [1.54, 1.807) is 7.05 Å². The van der Waals surface area contributed by atoms with Crippen molar-refractivity contribution in [3.8, 4) is 11.3 Å². The van der Waals surface area contributed by atoms with Crippen LogP contribution in [0.2, 0.25) is 0 Å². The molecule has 1 amide bonds. The number of nitrogens with one attached hydrogen (secondary N) is 3. The third-order valence-corrected chi connectivity index (χ3v) is 8.13. The van der Waals surface area contributed by atoms with Gasteiger partial charge in [0.1, 0.15) is 0 Å². The third-order valence-electron chi connectivity index (χ3n) is 8.13. The molecule has 2 aliphatic rings. The number of piperidine rings is 1. The van der Waals surface area contributed by atoms with E-state index < -0.39 is 0 Å². The standard InChI is InChI=1S/C30H42N6O/c1-22(2)35-17-15-34(16-18-35)14-11-32-26-9-12-36(13-10-26)27-6-4-5-23(20-27)29-21-25-19-24(30(37)31-3)7-8-28(25)33-29/h4-8,19-22,26,32-33H,9-18H2,1-3H3,(H,31,37). The van der Waals surface area contributed by atoms with Crippen molar-refractivity contribution in [3.05, 3.63) is 54.1 Å². The van der Waals surface area contributed by atoms with Crippen LogP contribution in [0.3, 0.4) is 0 Å². The minimum absolute atomic E-state index is 0.0611. The number of fused-ring (bicyclic) bond motifs is 1. The number of nitrogens with zero attached hydrogens (tertiary/aromatic N) is 3. The average Bonchev–Trinajstić information content (AvgIpc) is 3.37. The second-order valence-electron chi connectivity index (χ2n) is 10.8. The number of H-pyrrole nitrogens is 1. The first kappa shape index (κ1) is 25.8. The lowest BCUT2D eigenvalue weighted by atomic mass is 10.0. The monoisotopic (exact) mass is 502 g/mol. The van der Waals surface area contributed by atoms with Gasteiger partial charge in [-0.1, -0.05) is 12.1 Å². The largest absolute Gasteiger partial charge is 0.371 e. The molecule has 2 aliphatic heterocycles. The lowest BCUT2D eigenvalue weighted by Gasteiger charge is -2.37. The van der Waals surface area contributed by atoms with Gasteiger partial charge in [0.05, 0.1) is 0 Å². The first-order valence-corrected chi connectivity index (χ1v) is 13.9. The number of carbonyl (C=O) groups excluding carboxylic acids is 1. The van der Waals surface area contributed by atoms with Gasteiger partial charge in [-0.15, -0.1) is 0 Å². The van der Waals surface area contributed by atoms with Gasteiger partial charge in [-0.05, 0) is 68.7 Å². The van der Waals surface area contributed by atoms with Crippen LogP contribution < -0.4 is 15.5 Å². The summed E-state index contributed by atoms with van der Waals surface area (Å²) < 4.78 is 0. The predicted molar refractivity (Wildman–Crippen MR) is 154 cm³/mol. The van der Waals surface area contributed by atoms with Crippen molar-refractivity contribution < 1.29 is 4.79 Å². The number of amides is 1. The van der Waals surface area contributed by atoms with Crippen LogP contribution in [0.1, 0.15) is 37.0 Å². The van der Waals surface area contributed by atoms with Gasteiger partial charge in [-0.3, -0.25) is 14.6 Å². The van der Waals surface area contributed by atoms with E-state index in [4.69, 9.17) is 0 Å². The molecule has 0 saturated carbocycles. The van der Waals surface area contributed by atoms with E-state index in [0.717, 1.165) is 42.8 Å². The number of aromatic nitrogens is 1. The summed E-state index contributed by atoms with van der Waals surface area (Å²) in [6, 6.07) is 18.0. The van der Waals surface area contributed by atoms with E-state index in [1.165, 1.54) is 50.3 Å². The molecule has 0 unspecified atom stereocenters. The topological polar surface area (TPSA) is 66.6 Å². The van der Waals surface area contributed by atoms with Crippen LogP contribution in [0.5, 0.6) is 0 Å². The van der Waals surface area contributed by atoms with Gasteiger partial charge in [0.25, 0.3) is 5.91 Å². The molecule has 7 nitrogen and oxygen atoms in total. The Morgan fingerprint density at radius 3 is 2.51 bits per heavy atom. The highest BCUT2D eigenvalue weighted by atomic mass is 16.1. The van der Waals surface area contributed by atoms with Crippen molar-refractivity contribution in [2.45, 2.75) is 38.8 Å². The number of benzene rings is 2. The van der Waals surface area contributed by atoms with Crippen molar-refractivity contribution in [2.75, 3.05) is 64.3 Å². The summed E-state index contributed by atoms with van der Waals surface area (Å²) in [6.45, 7) is 13.8. The molecule has 1 aromatic heterocycles. The highest BCUT2D eigenvalue weighted by Crippen LogP contribution is 2.29. The van der Waals surface area contributed by atoms with E-state index in [2.05, 4.69) is 74.5 Å². The molecule has 198 valence electrons. The SMILES string of the molecule is CNC(=O)c1ccc2[nH]c(-c3cccc(N4CCC(NCCN5CCN(C(C)C)CC5)CC4)c3)cc2c1. The Kier molecular flexibility index (Phi) is 8.13. The van der Waals surface area contributed by atoms with Crippen molar-refractivity contribution in [3.63, 3.8) is 0 Å². The van der Waals surface area contributed by atoms with Gasteiger partial charge in [0, 0.05) is 99.3 Å². The van der Waals surface area contributed by atoms with Crippen LogP contribution >= 0.6 is 0 Å². The van der Waals surface area contributed by atoms with Gasteiger partial charge in [-0.25, -0.2) is 0 Å². The van der Waals surface area contributed by atoms with Gasteiger partial charge in [-0.2, -0.15) is 0 Å². The molecule has 0 aliphatic carbocycles. The zero-order valence-electron chi connectivity index (χ0n) is 22.6. The van der Waals surface area contributed by atoms with Crippen LogP contribution in [0.15, 0.2) is 48.5 Å².